The van der Waals surface area contributed by atoms with E-state index >= 15 is 0 Å². The second-order valence-corrected chi connectivity index (χ2v) is 5.91. The summed E-state index contributed by atoms with van der Waals surface area (Å²) in [5.41, 5.74) is 0.0350. The average Bonchev–Trinajstić information content (AvgIpc) is 2.42. The number of carbonyl (C=O) groups excluding carboxylic acids is 2. The van der Waals surface area contributed by atoms with Crippen LogP contribution in [-0.2, 0) is 14.3 Å². The van der Waals surface area contributed by atoms with E-state index < -0.39 is 11.7 Å². The van der Waals surface area contributed by atoms with Gasteiger partial charge in [-0.05, 0) is 46.2 Å². The fourth-order valence-electron chi connectivity index (χ4n) is 1.72. The predicted molar refractivity (Wildman–Crippen MR) is 87.7 cm³/mol. The van der Waals surface area contributed by atoms with Gasteiger partial charge in [0, 0.05) is 18.2 Å². The van der Waals surface area contributed by atoms with E-state index in [-0.39, 0.29) is 5.97 Å². The first-order chi connectivity index (χ1) is 10.8. The number of benzene rings is 1. The van der Waals surface area contributed by atoms with Gasteiger partial charge >= 0.3 is 12.1 Å². The van der Waals surface area contributed by atoms with E-state index in [1.807, 2.05) is 0 Å². The predicted octanol–water partition coefficient (Wildman–Crippen LogP) is 3.76. The number of rotatable bonds is 7. The van der Waals surface area contributed by atoms with Crippen molar-refractivity contribution in [3.8, 4) is 5.75 Å². The Hall–Kier alpha value is -2.24. The zero-order valence-corrected chi connectivity index (χ0v) is 14.2. The number of amides is 1. The Morgan fingerprint density at radius 1 is 1.22 bits per heavy atom. The molecule has 1 N–H and O–H groups in total. The van der Waals surface area contributed by atoms with Gasteiger partial charge in [-0.1, -0.05) is 6.07 Å². The van der Waals surface area contributed by atoms with Gasteiger partial charge in [0.05, 0.1) is 13.2 Å². The lowest BCUT2D eigenvalue weighted by atomic mass is 10.2. The molecule has 6 heteroatoms. The van der Waals surface area contributed by atoms with E-state index in [2.05, 4.69) is 5.32 Å². The summed E-state index contributed by atoms with van der Waals surface area (Å²) in [6, 6.07) is 7.00. The topological polar surface area (TPSA) is 73.9 Å². The van der Waals surface area contributed by atoms with E-state index in [0.29, 0.717) is 37.5 Å². The average molecular weight is 323 g/mol. The normalized spacial score (nSPS) is 10.8. The summed E-state index contributed by atoms with van der Waals surface area (Å²) in [6.45, 7) is 7.96. The molecule has 1 aromatic carbocycles. The molecule has 0 aromatic heterocycles. The standard InChI is InChI=1S/C17H25NO5/c1-5-21-15(19)10-7-11-22-14-9-6-8-13(12-14)18-16(20)23-17(2,3)4/h6,8-9,12H,5,7,10-11H2,1-4H3,(H,18,20). The number of esters is 1. The molecule has 0 radical (unpaired) electrons. The third kappa shape index (κ3) is 8.70. The molecule has 1 amide bonds. The maximum Gasteiger partial charge on any atom is 0.412 e. The van der Waals surface area contributed by atoms with Crippen LogP contribution in [0.25, 0.3) is 0 Å². The van der Waals surface area contributed by atoms with Crippen molar-refractivity contribution in [2.45, 2.75) is 46.1 Å². The monoisotopic (exact) mass is 323 g/mol. The minimum absolute atomic E-state index is 0.226. The largest absolute Gasteiger partial charge is 0.494 e. The lowest BCUT2D eigenvalue weighted by molar-refractivity contribution is -0.143. The Kier molecular flexibility index (Phi) is 7.38. The minimum atomic E-state index is -0.550. The lowest BCUT2D eigenvalue weighted by Gasteiger charge is -2.19. The van der Waals surface area contributed by atoms with E-state index in [4.69, 9.17) is 14.2 Å². The highest BCUT2D eigenvalue weighted by atomic mass is 16.6. The van der Waals surface area contributed by atoms with Crippen molar-refractivity contribution in [3.05, 3.63) is 24.3 Å². The Bertz CT molecular complexity index is 522. The summed E-state index contributed by atoms with van der Waals surface area (Å²) in [7, 11) is 0. The summed E-state index contributed by atoms with van der Waals surface area (Å²) in [5.74, 6) is 0.388. The summed E-state index contributed by atoms with van der Waals surface area (Å²) in [5, 5.41) is 2.65. The fraction of sp³-hybridized carbons (Fsp3) is 0.529. The zero-order valence-electron chi connectivity index (χ0n) is 14.2. The van der Waals surface area contributed by atoms with Crippen LogP contribution < -0.4 is 10.1 Å². The van der Waals surface area contributed by atoms with Gasteiger partial charge in [0.25, 0.3) is 0 Å². The van der Waals surface area contributed by atoms with Crippen molar-refractivity contribution in [2.24, 2.45) is 0 Å². The molecule has 128 valence electrons. The molecule has 0 heterocycles. The zero-order chi connectivity index (χ0) is 17.3. The third-order valence-electron chi connectivity index (χ3n) is 2.58. The molecule has 0 fully saturated rings. The molecular weight excluding hydrogens is 298 g/mol. The highest BCUT2D eigenvalue weighted by Gasteiger charge is 2.16. The molecule has 0 aliphatic rings. The molecule has 0 atom stereocenters. The molecule has 0 spiro atoms. The molecule has 1 aromatic rings. The summed E-state index contributed by atoms with van der Waals surface area (Å²) >= 11 is 0. The first kappa shape index (κ1) is 18.8. The van der Waals surface area contributed by atoms with Crippen molar-refractivity contribution in [1.29, 1.82) is 0 Å². The lowest BCUT2D eigenvalue weighted by Crippen LogP contribution is -2.27. The number of hydrogen-bond donors (Lipinski definition) is 1. The Morgan fingerprint density at radius 3 is 2.61 bits per heavy atom. The highest BCUT2D eigenvalue weighted by molar-refractivity contribution is 5.85. The van der Waals surface area contributed by atoms with Crippen LogP contribution in [0, 0.1) is 0 Å². The molecule has 0 saturated carbocycles. The minimum Gasteiger partial charge on any atom is -0.494 e. The quantitative estimate of drug-likeness (QED) is 0.611. The van der Waals surface area contributed by atoms with Gasteiger partial charge in [-0.25, -0.2) is 4.79 Å². The molecule has 0 saturated heterocycles. The fourth-order valence-corrected chi connectivity index (χ4v) is 1.72. The highest BCUT2D eigenvalue weighted by Crippen LogP contribution is 2.18. The Labute approximate surface area is 137 Å². The number of carbonyl (C=O) groups is 2. The molecule has 23 heavy (non-hydrogen) atoms. The Balaban J connectivity index is 2.41. The summed E-state index contributed by atoms with van der Waals surface area (Å²) in [6.07, 6.45) is 0.378. The second-order valence-electron chi connectivity index (χ2n) is 5.91. The first-order valence-electron chi connectivity index (χ1n) is 7.68. The van der Waals surface area contributed by atoms with Crippen LogP contribution in [0.3, 0.4) is 0 Å². The van der Waals surface area contributed by atoms with E-state index in [1.54, 1.807) is 52.0 Å². The Morgan fingerprint density at radius 2 is 1.96 bits per heavy atom. The molecule has 0 aliphatic carbocycles. The van der Waals surface area contributed by atoms with Crippen LogP contribution in [0.1, 0.15) is 40.5 Å². The summed E-state index contributed by atoms with van der Waals surface area (Å²) in [4.78, 5) is 22.9. The van der Waals surface area contributed by atoms with Crippen LogP contribution >= 0.6 is 0 Å². The second kappa shape index (κ2) is 9.02. The molecular formula is C17H25NO5. The van der Waals surface area contributed by atoms with Crippen molar-refractivity contribution in [2.75, 3.05) is 18.5 Å². The van der Waals surface area contributed by atoms with Crippen molar-refractivity contribution in [3.63, 3.8) is 0 Å². The molecule has 0 unspecified atom stereocenters. The number of anilines is 1. The molecule has 0 bridgehead atoms. The van der Waals surface area contributed by atoms with Crippen LogP contribution in [-0.4, -0.2) is 30.9 Å². The van der Waals surface area contributed by atoms with Gasteiger partial charge < -0.3 is 14.2 Å². The van der Waals surface area contributed by atoms with Gasteiger partial charge in [-0.3, -0.25) is 10.1 Å². The van der Waals surface area contributed by atoms with Gasteiger partial charge in [0.1, 0.15) is 11.4 Å². The van der Waals surface area contributed by atoms with Crippen LogP contribution in [0.15, 0.2) is 24.3 Å². The van der Waals surface area contributed by atoms with Gasteiger partial charge in [-0.15, -0.1) is 0 Å². The SMILES string of the molecule is CCOC(=O)CCCOc1cccc(NC(=O)OC(C)(C)C)c1. The van der Waals surface area contributed by atoms with Crippen molar-refractivity contribution >= 4 is 17.7 Å². The van der Waals surface area contributed by atoms with Crippen LogP contribution in [0.5, 0.6) is 5.75 Å². The first-order valence-corrected chi connectivity index (χ1v) is 7.68. The van der Waals surface area contributed by atoms with Crippen molar-refractivity contribution < 1.29 is 23.8 Å². The number of nitrogens with one attached hydrogen (secondary N) is 1. The molecule has 1 rings (SSSR count). The number of hydrogen-bond acceptors (Lipinski definition) is 5. The van der Waals surface area contributed by atoms with Crippen LogP contribution in [0.2, 0.25) is 0 Å². The van der Waals surface area contributed by atoms with Gasteiger partial charge in [0.15, 0.2) is 0 Å². The van der Waals surface area contributed by atoms with E-state index in [0.717, 1.165) is 0 Å². The van der Waals surface area contributed by atoms with Crippen molar-refractivity contribution in [1.82, 2.24) is 0 Å². The smallest absolute Gasteiger partial charge is 0.412 e. The van der Waals surface area contributed by atoms with E-state index in [1.165, 1.54) is 0 Å². The summed E-state index contributed by atoms with van der Waals surface area (Å²) < 4.78 is 15.6. The third-order valence-corrected chi connectivity index (χ3v) is 2.58. The van der Waals surface area contributed by atoms with Gasteiger partial charge in [-0.2, -0.15) is 0 Å². The molecule has 6 nitrogen and oxygen atoms in total. The van der Waals surface area contributed by atoms with Crippen LogP contribution in [0.4, 0.5) is 10.5 Å². The maximum absolute atomic E-state index is 11.7. The maximum atomic E-state index is 11.7. The van der Waals surface area contributed by atoms with Gasteiger partial charge in [0.2, 0.25) is 0 Å². The van der Waals surface area contributed by atoms with E-state index in [9.17, 15) is 9.59 Å². The molecule has 0 aliphatic heterocycles. The number of ether oxygens (including phenoxy) is 3.